The third-order valence-corrected chi connectivity index (χ3v) is 3.74. The molecule has 0 saturated heterocycles. The lowest BCUT2D eigenvalue weighted by Crippen LogP contribution is -1.87. The fourth-order valence-corrected chi connectivity index (χ4v) is 2.76. The van der Waals surface area contributed by atoms with Gasteiger partial charge in [0, 0.05) is 17.4 Å². The van der Waals surface area contributed by atoms with Crippen LogP contribution in [0.2, 0.25) is 0 Å². The first-order chi connectivity index (χ1) is 9.42. The summed E-state index contributed by atoms with van der Waals surface area (Å²) in [5, 5.41) is 1.23. The van der Waals surface area contributed by atoms with Crippen LogP contribution in [0.15, 0.2) is 59.0 Å². The second kappa shape index (κ2) is 4.13. The Hall–Kier alpha value is -2.28. The number of aryl methyl sites for hydroxylation is 1. The third-order valence-electron chi connectivity index (χ3n) is 3.74. The van der Waals surface area contributed by atoms with Gasteiger partial charge in [-0.15, -0.1) is 0 Å². The SMILES string of the molecule is C1=Cc2c(oc3cc(-c4ccccc4)ccc23)CC1. The normalized spacial score (nSPS) is 13.7. The molecule has 0 spiro atoms. The molecule has 0 amide bonds. The molecule has 3 aromatic rings. The molecule has 0 fully saturated rings. The van der Waals surface area contributed by atoms with Crippen molar-refractivity contribution in [2.75, 3.05) is 0 Å². The van der Waals surface area contributed by atoms with Gasteiger partial charge < -0.3 is 4.42 Å². The number of fused-ring (bicyclic) bond motifs is 3. The summed E-state index contributed by atoms with van der Waals surface area (Å²) in [5.41, 5.74) is 4.70. The summed E-state index contributed by atoms with van der Waals surface area (Å²) in [6.45, 7) is 0. The molecule has 0 saturated carbocycles. The molecular weight excluding hydrogens is 232 g/mol. The third kappa shape index (κ3) is 1.70. The van der Waals surface area contributed by atoms with E-state index in [1.54, 1.807) is 0 Å². The molecule has 0 radical (unpaired) electrons. The van der Waals surface area contributed by atoms with Gasteiger partial charge in [-0.3, -0.25) is 0 Å². The van der Waals surface area contributed by atoms with Gasteiger partial charge in [-0.2, -0.15) is 0 Å². The molecule has 92 valence electrons. The van der Waals surface area contributed by atoms with E-state index in [0.717, 1.165) is 24.2 Å². The minimum Gasteiger partial charge on any atom is -0.460 e. The van der Waals surface area contributed by atoms with Crippen molar-refractivity contribution in [2.45, 2.75) is 12.8 Å². The van der Waals surface area contributed by atoms with Crippen molar-refractivity contribution >= 4 is 17.0 Å². The van der Waals surface area contributed by atoms with Crippen molar-refractivity contribution in [1.82, 2.24) is 0 Å². The van der Waals surface area contributed by atoms with Crippen LogP contribution >= 0.6 is 0 Å². The van der Waals surface area contributed by atoms with E-state index >= 15 is 0 Å². The molecule has 0 aliphatic heterocycles. The molecule has 4 rings (SSSR count). The maximum Gasteiger partial charge on any atom is 0.135 e. The van der Waals surface area contributed by atoms with Gasteiger partial charge in [0.05, 0.1) is 0 Å². The van der Waals surface area contributed by atoms with Gasteiger partial charge in [0.25, 0.3) is 0 Å². The Morgan fingerprint density at radius 3 is 2.68 bits per heavy atom. The molecule has 1 aromatic heterocycles. The monoisotopic (exact) mass is 246 g/mol. The summed E-state index contributed by atoms with van der Waals surface area (Å²) in [6, 6.07) is 16.9. The highest BCUT2D eigenvalue weighted by molar-refractivity contribution is 5.91. The van der Waals surface area contributed by atoms with E-state index in [2.05, 4.69) is 54.6 Å². The number of hydrogen-bond donors (Lipinski definition) is 0. The van der Waals surface area contributed by atoms with Crippen LogP contribution in [0.1, 0.15) is 17.7 Å². The molecule has 0 bridgehead atoms. The Bertz CT molecular complexity index is 763. The standard InChI is InChI=1S/C18H14O/c1-2-6-13(7-3-1)14-10-11-16-15-8-4-5-9-17(15)19-18(16)12-14/h1-4,6-8,10-12H,5,9H2. The van der Waals surface area contributed by atoms with Crippen LogP contribution in [0, 0.1) is 0 Å². The zero-order chi connectivity index (χ0) is 12.7. The van der Waals surface area contributed by atoms with Gasteiger partial charge in [-0.25, -0.2) is 0 Å². The summed E-state index contributed by atoms with van der Waals surface area (Å²) in [4.78, 5) is 0. The van der Waals surface area contributed by atoms with Crippen LogP contribution in [-0.2, 0) is 6.42 Å². The van der Waals surface area contributed by atoms with Gasteiger partial charge in [-0.1, -0.05) is 48.6 Å². The predicted molar refractivity (Wildman–Crippen MR) is 79.0 cm³/mol. The van der Waals surface area contributed by atoms with E-state index in [4.69, 9.17) is 4.42 Å². The Morgan fingerprint density at radius 2 is 1.79 bits per heavy atom. The quantitative estimate of drug-likeness (QED) is 0.585. The van der Waals surface area contributed by atoms with Crippen LogP contribution < -0.4 is 0 Å². The maximum atomic E-state index is 6.00. The first-order valence-electron chi connectivity index (χ1n) is 6.69. The summed E-state index contributed by atoms with van der Waals surface area (Å²) in [5.74, 6) is 1.13. The number of furan rings is 1. The topological polar surface area (TPSA) is 13.1 Å². The van der Waals surface area contributed by atoms with Gasteiger partial charge in [-0.05, 0) is 29.7 Å². The molecule has 0 N–H and O–H groups in total. The number of rotatable bonds is 1. The molecule has 0 unspecified atom stereocenters. The van der Waals surface area contributed by atoms with Gasteiger partial charge in [0.2, 0.25) is 0 Å². The van der Waals surface area contributed by atoms with E-state index in [0.29, 0.717) is 0 Å². The molecule has 0 atom stereocenters. The molecular formula is C18H14O. The van der Waals surface area contributed by atoms with E-state index in [1.807, 2.05) is 6.07 Å². The zero-order valence-electron chi connectivity index (χ0n) is 10.6. The highest BCUT2D eigenvalue weighted by Gasteiger charge is 2.14. The smallest absolute Gasteiger partial charge is 0.135 e. The van der Waals surface area contributed by atoms with Crippen LogP contribution in [0.25, 0.3) is 28.2 Å². The average molecular weight is 246 g/mol. The van der Waals surface area contributed by atoms with Crippen LogP contribution in [0.3, 0.4) is 0 Å². The number of allylic oxidation sites excluding steroid dienone is 1. The first-order valence-corrected chi connectivity index (χ1v) is 6.69. The summed E-state index contributed by atoms with van der Waals surface area (Å²) in [6.07, 6.45) is 6.51. The van der Waals surface area contributed by atoms with E-state index in [9.17, 15) is 0 Å². The Balaban J connectivity index is 1.91. The van der Waals surface area contributed by atoms with Crippen LogP contribution in [-0.4, -0.2) is 0 Å². The molecule has 1 aliphatic carbocycles. The van der Waals surface area contributed by atoms with Crippen molar-refractivity contribution in [3.63, 3.8) is 0 Å². The van der Waals surface area contributed by atoms with Crippen LogP contribution in [0.5, 0.6) is 0 Å². The molecule has 2 aromatic carbocycles. The number of hydrogen-bond acceptors (Lipinski definition) is 1. The first kappa shape index (κ1) is 10.6. The maximum absolute atomic E-state index is 6.00. The van der Waals surface area contributed by atoms with Crippen LogP contribution in [0.4, 0.5) is 0 Å². The Morgan fingerprint density at radius 1 is 0.895 bits per heavy atom. The fourth-order valence-electron chi connectivity index (χ4n) is 2.76. The predicted octanol–water partition coefficient (Wildman–Crippen LogP) is 5.06. The van der Waals surface area contributed by atoms with Crippen molar-refractivity contribution in [3.05, 3.63) is 65.9 Å². The van der Waals surface area contributed by atoms with Crippen molar-refractivity contribution < 1.29 is 4.42 Å². The minimum absolute atomic E-state index is 0.998. The summed E-state index contributed by atoms with van der Waals surface area (Å²) in [7, 11) is 0. The lowest BCUT2D eigenvalue weighted by atomic mass is 10.00. The summed E-state index contributed by atoms with van der Waals surface area (Å²) < 4.78 is 6.00. The zero-order valence-corrected chi connectivity index (χ0v) is 10.6. The molecule has 1 aliphatic rings. The largest absolute Gasteiger partial charge is 0.460 e. The molecule has 1 heteroatoms. The van der Waals surface area contributed by atoms with E-state index in [1.165, 1.54) is 22.1 Å². The Labute approximate surface area is 112 Å². The highest BCUT2D eigenvalue weighted by Crippen LogP contribution is 2.33. The highest BCUT2D eigenvalue weighted by atomic mass is 16.3. The minimum atomic E-state index is 0.998. The van der Waals surface area contributed by atoms with Gasteiger partial charge >= 0.3 is 0 Å². The van der Waals surface area contributed by atoms with Crippen molar-refractivity contribution in [3.8, 4) is 11.1 Å². The second-order valence-corrected chi connectivity index (χ2v) is 4.96. The Kier molecular flexibility index (Phi) is 2.31. The summed E-state index contributed by atoms with van der Waals surface area (Å²) >= 11 is 0. The van der Waals surface area contributed by atoms with Crippen molar-refractivity contribution in [1.29, 1.82) is 0 Å². The lowest BCUT2D eigenvalue weighted by molar-refractivity contribution is 0.546. The number of benzene rings is 2. The van der Waals surface area contributed by atoms with Gasteiger partial charge in [0.1, 0.15) is 11.3 Å². The lowest BCUT2D eigenvalue weighted by Gasteiger charge is -2.02. The molecule has 1 heterocycles. The molecule has 1 nitrogen and oxygen atoms in total. The molecule has 19 heavy (non-hydrogen) atoms. The van der Waals surface area contributed by atoms with Gasteiger partial charge in [0.15, 0.2) is 0 Å². The second-order valence-electron chi connectivity index (χ2n) is 4.96. The van der Waals surface area contributed by atoms with E-state index < -0.39 is 0 Å². The average Bonchev–Trinajstić information content (AvgIpc) is 2.86. The van der Waals surface area contributed by atoms with E-state index in [-0.39, 0.29) is 0 Å². The fraction of sp³-hybridized carbons (Fsp3) is 0.111. The van der Waals surface area contributed by atoms with Crippen molar-refractivity contribution in [2.24, 2.45) is 0 Å².